The smallest absolute Gasteiger partial charge is 0.246 e. The predicted octanol–water partition coefficient (Wildman–Crippen LogP) is 3.60. The minimum absolute atomic E-state index is 0.0217. The summed E-state index contributed by atoms with van der Waals surface area (Å²) >= 11 is 0. The van der Waals surface area contributed by atoms with Gasteiger partial charge in [-0.05, 0) is 55.0 Å². The molecule has 0 saturated carbocycles. The Bertz CT molecular complexity index is 828. The molecule has 3 rings (SSSR count). The summed E-state index contributed by atoms with van der Waals surface area (Å²) in [6.45, 7) is 5.19. The second-order valence-corrected chi connectivity index (χ2v) is 6.47. The van der Waals surface area contributed by atoms with Gasteiger partial charge in [0.25, 0.3) is 0 Å². The van der Waals surface area contributed by atoms with Crippen LogP contribution >= 0.6 is 0 Å². The standard InChI is InChI=1S/C22H25FN2O3/c1-3-28-20-10-4-17(16-21(20)27-2)5-11-22(26)25-14-12-24(13-15-25)19-8-6-18(23)7-9-19/h4-11,16H,3,12-15H2,1-2H3/b11-5+. The SMILES string of the molecule is CCOc1ccc(/C=C/C(=O)N2CCN(c3ccc(F)cc3)CC2)cc1OC. The third-order valence-electron chi connectivity index (χ3n) is 4.69. The lowest BCUT2D eigenvalue weighted by Crippen LogP contribution is -2.48. The Hall–Kier alpha value is -3.02. The number of rotatable bonds is 6. The monoisotopic (exact) mass is 384 g/mol. The highest BCUT2D eigenvalue weighted by Crippen LogP contribution is 2.28. The van der Waals surface area contributed by atoms with Crippen molar-refractivity contribution in [2.45, 2.75) is 6.92 Å². The number of nitrogens with zero attached hydrogens (tertiary/aromatic N) is 2. The first-order valence-electron chi connectivity index (χ1n) is 9.39. The number of anilines is 1. The van der Waals surface area contributed by atoms with Crippen LogP contribution in [0.1, 0.15) is 12.5 Å². The summed E-state index contributed by atoms with van der Waals surface area (Å²) in [6, 6.07) is 12.0. The Balaban J connectivity index is 1.57. The number of hydrogen-bond donors (Lipinski definition) is 0. The van der Waals surface area contributed by atoms with Crippen LogP contribution in [0.2, 0.25) is 0 Å². The summed E-state index contributed by atoms with van der Waals surface area (Å²) in [5, 5.41) is 0. The van der Waals surface area contributed by atoms with Crippen LogP contribution < -0.4 is 14.4 Å². The van der Waals surface area contributed by atoms with Gasteiger partial charge in [-0.15, -0.1) is 0 Å². The third kappa shape index (κ3) is 4.82. The highest BCUT2D eigenvalue weighted by atomic mass is 19.1. The van der Waals surface area contributed by atoms with Gasteiger partial charge in [-0.3, -0.25) is 4.79 Å². The van der Waals surface area contributed by atoms with Crippen LogP contribution in [0.4, 0.5) is 10.1 Å². The van der Waals surface area contributed by atoms with E-state index in [1.807, 2.05) is 30.0 Å². The van der Waals surface area contributed by atoms with E-state index in [1.165, 1.54) is 12.1 Å². The second-order valence-electron chi connectivity index (χ2n) is 6.47. The van der Waals surface area contributed by atoms with Crippen LogP contribution in [0.5, 0.6) is 11.5 Å². The molecule has 0 spiro atoms. The first-order chi connectivity index (χ1) is 13.6. The summed E-state index contributed by atoms with van der Waals surface area (Å²) in [7, 11) is 1.59. The fourth-order valence-electron chi connectivity index (χ4n) is 3.17. The molecule has 0 aromatic heterocycles. The predicted molar refractivity (Wildman–Crippen MR) is 108 cm³/mol. The van der Waals surface area contributed by atoms with Crippen molar-refractivity contribution in [1.29, 1.82) is 0 Å². The summed E-state index contributed by atoms with van der Waals surface area (Å²) in [6.07, 6.45) is 3.37. The van der Waals surface area contributed by atoms with Crippen molar-refractivity contribution in [2.75, 3.05) is 44.8 Å². The third-order valence-corrected chi connectivity index (χ3v) is 4.69. The first-order valence-corrected chi connectivity index (χ1v) is 9.39. The van der Waals surface area contributed by atoms with Gasteiger partial charge in [0.2, 0.25) is 5.91 Å². The topological polar surface area (TPSA) is 42.0 Å². The summed E-state index contributed by atoms with van der Waals surface area (Å²) in [5.41, 5.74) is 1.85. The van der Waals surface area contributed by atoms with Crippen molar-refractivity contribution in [3.8, 4) is 11.5 Å². The maximum absolute atomic E-state index is 13.1. The van der Waals surface area contributed by atoms with Gasteiger partial charge >= 0.3 is 0 Å². The highest BCUT2D eigenvalue weighted by molar-refractivity contribution is 5.92. The molecule has 0 radical (unpaired) electrons. The number of ether oxygens (including phenoxy) is 2. The molecule has 0 aliphatic carbocycles. The molecular weight excluding hydrogens is 359 g/mol. The number of piperazine rings is 1. The van der Waals surface area contributed by atoms with E-state index in [-0.39, 0.29) is 11.7 Å². The number of benzene rings is 2. The van der Waals surface area contributed by atoms with Gasteiger partial charge in [0, 0.05) is 37.9 Å². The Morgan fingerprint density at radius 1 is 1.07 bits per heavy atom. The molecule has 0 N–H and O–H groups in total. The van der Waals surface area contributed by atoms with E-state index < -0.39 is 0 Å². The van der Waals surface area contributed by atoms with Crippen LogP contribution in [-0.4, -0.2) is 50.7 Å². The summed E-state index contributed by atoms with van der Waals surface area (Å²) < 4.78 is 23.9. The molecule has 1 amide bonds. The lowest BCUT2D eigenvalue weighted by molar-refractivity contribution is -0.126. The molecule has 1 aliphatic heterocycles. The van der Waals surface area contributed by atoms with Crippen LogP contribution in [-0.2, 0) is 4.79 Å². The van der Waals surface area contributed by atoms with E-state index in [2.05, 4.69) is 4.90 Å². The van der Waals surface area contributed by atoms with Gasteiger partial charge in [0.05, 0.1) is 13.7 Å². The van der Waals surface area contributed by atoms with E-state index in [0.29, 0.717) is 31.2 Å². The van der Waals surface area contributed by atoms with Crippen molar-refractivity contribution in [1.82, 2.24) is 4.90 Å². The lowest BCUT2D eigenvalue weighted by atomic mass is 10.1. The summed E-state index contributed by atoms with van der Waals surface area (Å²) in [5.74, 6) is 1.06. The number of carbonyl (C=O) groups is 1. The highest BCUT2D eigenvalue weighted by Gasteiger charge is 2.19. The number of methoxy groups -OCH3 is 1. The fourth-order valence-corrected chi connectivity index (χ4v) is 3.17. The fraction of sp³-hybridized carbons (Fsp3) is 0.318. The van der Waals surface area contributed by atoms with Crippen molar-refractivity contribution in [3.05, 3.63) is 59.9 Å². The van der Waals surface area contributed by atoms with Gasteiger partial charge in [-0.2, -0.15) is 0 Å². The lowest BCUT2D eigenvalue weighted by Gasteiger charge is -2.35. The zero-order valence-corrected chi connectivity index (χ0v) is 16.2. The number of halogens is 1. The van der Waals surface area contributed by atoms with Crippen LogP contribution in [0.3, 0.4) is 0 Å². The minimum atomic E-state index is -0.242. The van der Waals surface area contributed by atoms with E-state index in [1.54, 1.807) is 31.4 Å². The Morgan fingerprint density at radius 2 is 1.79 bits per heavy atom. The van der Waals surface area contributed by atoms with Crippen LogP contribution in [0.15, 0.2) is 48.5 Å². The molecule has 2 aromatic rings. The van der Waals surface area contributed by atoms with E-state index in [0.717, 1.165) is 24.3 Å². The largest absolute Gasteiger partial charge is 0.493 e. The molecule has 0 unspecified atom stereocenters. The van der Waals surface area contributed by atoms with Gasteiger partial charge in [-0.25, -0.2) is 4.39 Å². The number of hydrogen-bond acceptors (Lipinski definition) is 4. The molecule has 0 bridgehead atoms. The van der Waals surface area contributed by atoms with Gasteiger partial charge < -0.3 is 19.3 Å². The molecule has 5 nitrogen and oxygen atoms in total. The zero-order valence-electron chi connectivity index (χ0n) is 16.2. The Morgan fingerprint density at radius 3 is 2.43 bits per heavy atom. The minimum Gasteiger partial charge on any atom is -0.493 e. The van der Waals surface area contributed by atoms with Crippen LogP contribution in [0, 0.1) is 5.82 Å². The van der Waals surface area contributed by atoms with Gasteiger partial charge in [0.15, 0.2) is 11.5 Å². The Labute approximate surface area is 165 Å². The molecule has 6 heteroatoms. The molecular formula is C22H25FN2O3. The van der Waals surface area contributed by atoms with E-state index in [9.17, 15) is 9.18 Å². The summed E-state index contributed by atoms with van der Waals surface area (Å²) in [4.78, 5) is 16.5. The van der Waals surface area contributed by atoms with Crippen LogP contribution in [0.25, 0.3) is 6.08 Å². The van der Waals surface area contributed by atoms with E-state index in [4.69, 9.17) is 9.47 Å². The number of amides is 1. The average molecular weight is 384 g/mol. The van der Waals surface area contributed by atoms with E-state index >= 15 is 0 Å². The normalized spacial score (nSPS) is 14.4. The first kappa shape index (κ1) is 19.7. The maximum Gasteiger partial charge on any atom is 0.246 e. The zero-order chi connectivity index (χ0) is 19.9. The number of carbonyl (C=O) groups excluding carboxylic acids is 1. The maximum atomic E-state index is 13.1. The van der Waals surface area contributed by atoms with Crippen molar-refractivity contribution in [3.63, 3.8) is 0 Å². The average Bonchev–Trinajstić information content (AvgIpc) is 2.73. The molecule has 148 valence electrons. The molecule has 1 saturated heterocycles. The van der Waals surface area contributed by atoms with Crippen molar-refractivity contribution >= 4 is 17.7 Å². The molecule has 1 aliphatic rings. The molecule has 28 heavy (non-hydrogen) atoms. The quantitative estimate of drug-likeness (QED) is 0.714. The molecule has 0 atom stereocenters. The van der Waals surface area contributed by atoms with Crippen molar-refractivity contribution < 1.29 is 18.7 Å². The van der Waals surface area contributed by atoms with Gasteiger partial charge in [0.1, 0.15) is 5.82 Å². The molecule has 1 fully saturated rings. The second kappa shape index (κ2) is 9.26. The molecule has 1 heterocycles. The Kier molecular flexibility index (Phi) is 6.53. The van der Waals surface area contributed by atoms with Crippen molar-refractivity contribution in [2.24, 2.45) is 0 Å². The van der Waals surface area contributed by atoms with Gasteiger partial charge in [-0.1, -0.05) is 6.07 Å². The molecule has 2 aromatic carbocycles.